The molecule has 202 valence electrons. The average molecular weight is 575 g/mol. The van der Waals surface area contributed by atoms with Crippen molar-refractivity contribution in [1.29, 1.82) is 0 Å². The molecule has 0 bridgehead atoms. The number of amides is 2. The second kappa shape index (κ2) is 10.9. The van der Waals surface area contributed by atoms with Crippen LogP contribution in [-0.4, -0.2) is 30.2 Å². The number of nitrogens with one attached hydrogen (secondary N) is 2. The second-order valence-corrected chi connectivity index (χ2v) is 11.5. The van der Waals surface area contributed by atoms with Crippen molar-refractivity contribution in [1.82, 2.24) is 9.97 Å². The van der Waals surface area contributed by atoms with E-state index in [2.05, 4.69) is 20.6 Å². The highest BCUT2D eigenvalue weighted by molar-refractivity contribution is 7.90. The van der Waals surface area contributed by atoms with E-state index in [4.69, 9.17) is 16.0 Å². The smallest absolute Gasteiger partial charge is 0.293 e. The molecule has 0 saturated carbocycles. The standard InChI is InChI=1S/C29H23ClN4O5S/c1-17-7-5-9-19(13-17)16-40(37,38)29-31-15-22(30)25(34-29)27(35)33-24-21-11-3-4-12-23(21)39-26(24)28(36)32-20-10-6-8-18(2)14-20/h3-15H,16H2,1-2H3,(H,32,36)(H,33,35). The van der Waals surface area contributed by atoms with Gasteiger partial charge in [0.1, 0.15) is 11.3 Å². The fourth-order valence-electron chi connectivity index (χ4n) is 4.16. The Morgan fingerprint density at radius 3 is 2.38 bits per heavy atom. The van der Waals surface area contributed by atoms with Gasteiger partial charge in [-0.3, -0.25) is 9.59 Å². The van der Waals surface area contributed by atoms with Crippen LogP contribution in [0.3, 0.4) is 0 Å². The van der Waals surface area contributed by atoms with Crippen LogP contribution in [0.15, 0.2) is 88.6 Å². The van der Waals surface area contributed by atoms with Crippen molar-refractivity contribution in [2.24, 2.45) is 0 Å². The van der Waals surface area contributed by atoms with Gasteiger partial charge in [-0.05, 0) is 49.2 Å². The summed E-state index contributed by atoms with van der Waals surface area (Å²) in [6.45, 7) is 3.75. The Hall–Kier alpha value is -4.54. The highest BCUT2D eigenvalue weighted by atomic mass is 35.5. The predicted octanol–water partition coefficient (Wildman–Crippen LogP) is 5.97. The topological polar surface area (TPSA) is 131 Å². The van der Waals surface area contributed by atoms with E-state index in [0.717, 1.165) is 17.3 Å². The highest BCUT2D eigenvalue weighted by Gasteiger charge is 2.27. The Labute approximate surface area is 235 Å². The van der Waals surface area contributed by atoms with Gasteiger partial charge in [-0.2, -0.15) is 0 Å². The zero-order valence-corrected chi connectivity index (χ0v) is 23.0. The van der Waals surface area contributed by atoms with Crippen molar-refractivity contribution < 1.29 is 22.4 Å². The molecule has 0 saturated heterocycles. The molecule has 2 heterocycles. The van der Waals surface area contributed by atoms with Crippen LogP contribution in [0.2, 0.25) is 5.02 Å². The number of carbonyl (C=O) groups excluding carboxylic acids is 2. The SMILES string of the molecule is Cc1cccc(CS(=O)(=O)c2ncc(Cl)c(C(=O)Nc3c(C(=O)Nc4cccc(C)c4)oc4ccccc34)n2)c1. The van der Waals surface area contributed by atoms with Gasteiger partial charge in [-0.1, -0.05) is 65.7 Å². The van der Waals surface area contributed by atoms with Crippen molar-refractivity contribution in [2.45, 2.75) is 24.8 Å². The molecule has 0 radical (unpaired) electrons. The minimum absolute atomic E-state index is 0.0876. The minimum atomic E-state index is -4.00. The van der Waals surface area contributed by atoms with Crippen LogP contribution >= 0.6 is 11.6 Å². The molecular formula is C29H23ClN4O5S. The largest absolute Gasteiger partial charge is 0.449 e. The summed E-state index contributed by atoms with van der Waals surface area (Å²) < 4.78 is 31.9. The number of aromatic nitrogens is 2. The van der Waals surface area contributed by atoms with Gasteiger partial charge in [0.2, 0.25) is 20.8 Å². The number of sulfone groups is 1. The Bertz CT molecular complexity index is 1880. The van der Waals surface area contributed by atoms with Gasteiger partial charge in [0.15, 0.2) is 5.69 Å². The molecule has 2 aromatic heterocycles. The lowest BCUT2D eigenvalue weighted by molar-refractivity contribution is 0.0999. The fourth-order valence-corrected chi connectivity index (χ4v) is 5.53. The molecule has 5 rings (SSSR count). The third kappa shape index (κ3) is 5.73. The van der Waals surface area contributed by atoms with Gasteiger partial charge < -0.3 is 15.1 Å². The Balaban J connectivity index is 1.47. The number of anilines is 2. The van der Waals surface area contributed by atoms with E-state index in [1.54, 1.807) is 60.7 Å². The van der Waals surface area contributed by atoms with Crippen molar-refractivity contribution >= 4 is 55.6 Å². The first-order valence-corrected chi connectivity index (χ1v) is 14.2. The normalized spacial score (nSPS) is 11.4. The molecule has 11 heteroatoms. The van der Waals surface area contributed by atoms with Crippen molar-refractivity contribution in [3.63, 3.8) is 0 Å². The van der Waals surface area contributed by atoms with E-state index in [-0.39, 0.29) is 27.9 Å². The van der Waals surface area contributed by atoms with Crippen molar-refractivity contribution in [3.05, 3.63) is 112 Å². The summed E-state index contributed by atoms with van der Waals surface area (Å²) >= 11 is 6.22. The first-order valence-electron chi connectivity index (χ1n) is 12.1. The van der Waals surface area contributed by atoms with E-state index in [1.165, 1.54) is 0 Å². The maximum Gasteiger partial charge on any atom is 0.293 e. The summed E-state index contributed by atoms with van der Waals surface area (Å²) in [6.07, 6.45) is 1.06. The van der Waals surface area contributed by atoms with Crippen molar-refractivity contribution in [3.8, 4) is 0 Å². The van der Waals surface area contributed by atoms with Crippen molar-refractivity contribution in [2.75, 3.05) is 10.6 Å². The maximum absolute atomic E-state index is 13.4. The van der Waals surface area contributed by atoms with Gasteiger partial charge in [0.05, 0.1) is 17.0 Å². The molecule has 0 fully saturated rings. The molecule has 0 aliphatic carbocycles. The third-order valence-electron chi connectivity index (χ3n) is 5.97. The van der Waals surface area contributed by atoms with Gasteiger partial charge >= 0.3 is 0 Å². The molecule has 40 heavy (non-hydrogen) atoms. The quantitative estimate of drug-likeness (QED) is 0.229. The lowest BCUT2D eigenvalue weighted by atomic mass is 10.2. The molecule has 0 unspecified atom stereocenters. The van der Waals surface area contributed by atoms with Gasteiger partial charge in [0, 0.05) is 11.1 Å². The van der Waals surface area contributed by atoms with Crippen LogP contribution in [0.25, 0.3) is 11.0 Å². The van der Waals surface area contributed by atoms with E-state index in [9.17, 15) is 18.0 Å². The highest BCUT2D eigenvalue weighted by Crippen LogP contribution is 2.32. The molecular weight excluding hydrogens is 552 g/mol. The number of hydrogen-bond donors (Lipinski definition) is 2. The summed E-state index contributed by atoms with van der Waals surface area (Å²) in [5, 5.41) is 5.16. The monoisotopic (exact) mass is 574 g/mol. The minimum Gasteiger partial charge on any atom is -0.449 e. The zero-order chi connectivity index (χ0) is 28.4. The Morgan fingerprint density at radius 1 is 0.900 bits per heavy atom. The lowest BCUT2D eigenvalue weighted by Crippen LogP contribution is -2.20. The predicted molar refractivity (Wildman–Crippen MR) is 152 cm³/mol. The van der Waals surface area contributed by atoms with Crippen LogP contribution in [-0.2, 0) is 15.6 Å². The first kappa shape index (κ1) is 27.0. The molecule has 2 amide bonds. The number of para-hydroxylation sites is 1. The number of carbonyl (C=O) groups is 2. The third-order valence-corrected chi connectivity index (χ3v) is 7.71. The average Bonchev–Trinajstić information content (AvgIpc) is 3.27. The van der Waals surface area contributed by atoms with Crippen LogP contribution < -0.4 is 10.6 Å². The first-order chi connectivity index (χ1) is 19.1. The molecule has 5 aromatic rings. The number of nitrogens with zero attached hydrogens (tertiary/aromatic N) is 2. The molecule has 0 atom stereocenters. The summed E-state index contributed by atoms with van der Waals surface area (Å²) in [4.78, 5) is 34.4. The summed E-state index contributed by atoms with van der Waals surface area (Å²) in [5.41, 5.74) is 3.03. The van der Waals surface area contributed by atoms with Crippen LogP contribution in [0.1, 0.15) is 37.7 Å². The number of fused-ring (bicyclic) bond motifs is 1. The lowest BCUT2D eigenvalue weighted by Gasteiger charge is -2.10. The fraction of sp³-hybridized carbons (Fsp3) is 0.103. The summed E-state index contributed by atoms with van der Waals surface area (Å²) in [6, 6.07) is 21.0. The van der Waals surface area contributed by atoms with Gasteiger partial charge in [-0.25, -0.2) is 18.4 Å². The number of aryl methyl sites for hydroxylation is 2. The zero-order valence-electron chi connectivity index (χ0n) is 21.4. The maximum atomic E-state index is 13.4. The number of halogens is 1. The molecule has 0 aliphatic rings. The van der Waals surface area contributed by atoms with E-state index < -0.39 is 26.8 Å². The number of benzene rings is 3. The second-order valence-electron chi connectivity index (χ2n) is 9.18. The number of furan rings is 1. The Morgan fingerprint density at radius 2 is 1.62 bits per heavy atom. The van der Waals surface area contributed by atoms with E-state index >= 15 is 0 Å². The molecule has 9 nitrogen and oxygen atoms in total. The molecule has 3 aromatic carbocycles. The van der Waals surface area contributed by atoms with Gasteiger partial charge in [0.25, 0.3) is 11.8 Å². The van der Waals surface area contributed by atoms with E-state index in [0.29, 0.717) is 22.2 Å². The van der Waals surface area contributed by atoms with Crippen LogP contribution in [0.4, 0.5) is 11.4 Å². The molecule has 2 N–H and O–H groups in total. The number of hydrogen-bond acceptors (Lipinski definition) is 7. The van der Waals surface area contributed by atoms with Gasteiger partial charge in [-0.15, -0.1) is 0 Å². The van der Waals surface area contributed by atoms with Crippen LogP contribution in [0.5, 0.6) is 0 Å². The Kier molecular flexibility index (Phi) is 7.38. The molecule has 0 spiro atoms. The van der Waals surface area contributed by atoms with E-state index in [1.807, 2.05) is 26.0 Å². The molecule has 0 aliphatic heterocycles. The number of rotatable bonds is 7. The summed E-state index contributed by atoms with van der Waals surface area (Å²) in [7, 11) is -4.00. The van der Waals surface area contributed by atoms with Crippen LogP contribution in [0, 0.1) is 13.8 Å². The summed E-state index contributed by atoms with van der Waals surface area (Å²) in [5.74, 6) is -1.93.